The summed E-state index contributed by atoms with van der Waals surface area (Å²) >= 11 is 0. The van der Waals surface area contributed by atoms with E-state index in [4.69, 9.17) is 9.84 Å². The van der Waals surface area contributed by atoms with Crippen LogP contribution in [-0.2, 0) is 0 Å². The molecular weight excluding hydrogens is 202 g/mol. The van der Waals surface area contributed by atoms with Crippen LogP contribution in [0, 0.1) is 13.8 Å². The molecule has 0 fully saturated rings. The molecule has 2 N–H and O–H groups in total. The average molecular weight is 223 g/mol. The number of ether oxygens (including phenoxy) is 1. The number of hydrogen-bond donors (Lipinski definition) is 2. The Labute approximate surface area is 97.4 Å². The highest BCUT2D eigenvalue weighted by Gasteiger charge is 2.03. The van der Waals surface area contributed by atoms with Crippen LogP contribution in [0.1, 0.15) is 18.1 Å². The number of nitrogens with one attached hydrogen (secondary N) is 1. The molecule has 0 amide bonds. The maximum absolute atomic E-state index is 8.84. The lowest BCUT2D eigenvalue weighted by Gasteiger charge is -2.14. The van der Waals surface area contributed by atoms with E-state index < -0.39 is 0 Å². The van der Waals surface area contributed by atoms with Gasteiger partial charge in [0.05, 0.1) is 6.61 Å². The minimum Gasteiger partial charge on any atom is -0.492 e. The van der Waals surface area contributed by atoms with Crippen LogP contribution in [-0.4, -0.2) is 30.9 Å². The highest BCUT2D eigenvalue weighted by molar-refractivity contribution is 5.39. The standard InChI is InChI=1S/C13H21NO2/c1-10-5-4-6-11(2)13(10)16-8-7-14-12(3)9-15/h4-6,12,14-15H,7-9H2,1-3H3. The van der Waals surface area contributed by atoms with Crippen molar-refractivity contribution in [3.8, 4) is 5.75 Å². The molecule has 1 unspecified atom stereocenters. The molecule has 3 heteroatoms. The van der Waals surface area contributed by atoms with E-state index in [0.717, 1.165) is 23.4 Å². The first kappa shape index (κ1) is 13.0. The summed E-state index contributed by atoms with van der Waals surface area (Å²) in [6.07, 6.45) is 0. The van der Waals surface area contributed by atoms with Crippen LogP contribution in [0.25, 0.3) is 0 Å². The summed E-state index contributed by atoms with van der Waals surface area (Å²) in [5, 5.41) is 12.0. The minimum atomic E-state index is 0.126. The molecule has 1 aromatic carbocycles. The Hall–Kier alpha value is -1.06. The van der Waals surface area contributed by atoms with Crippen molar-refractivity contribution in [2.24, 2.45) is 0 Å². The Balaban J connectivity index is 2.37. The summed E-state index contributed by atoms with van der Waals surface area (Å²) in [4.78, 5) is 0. The van der Waals surface area contributed by atoms with E-state index in [1.54, 1.807) is 0 Å². The first-order valence-corrected chi connectivity index (χ1v) is 5.68. The quantitative estimate of drug-likeness (QED) is 0.721. The van der Waals surface area contributed by atoms with Crippen LogP contribution in [0.2, 0.25) is 0 Å². The fraction of sp³-hybridized carbons (Fsp3) is 0.538. The molecule has 0 aromatic heterocycles. The van der Waals surface area contributed by atoms with Crippen molar-refractivity contribution in [2.75, 3.05) is 19.8 Å². The lowest BCUT2D eigenvalue weighted by molar-refractivity contribution is 0.238. The van der Waals surface area contributed by atoms with Crippen LogP contribution in [0.3, 0.4) is 0 Å². The van der Waals surface area contributed by atoms with Crippen molar-refractivity contribution in [1.82, 2.24) is 5.32 Å². The zero-order chi connectivity index (χ0) is 12.0. The molecule has 1 aromatic rings. The Morgan fingerprint density at radius 2 is 1.94 bits per heavy atom. The monoisotopic (exact) mass is 223 g/mol. The van der Waals surface area contributed by atoms with E-state index >= 15 is 0 Å². The molecule has 0 bridgehead atoms. The molecule has 0 aliphatic heterocycles. The third-order valence-electron chi connectivity index (χ3n) is 2.52. The summed E-state index contributed by atoms with van der Waals surface area (Å²) in [7, 11) is 0. The van der Waals surface area contributed by atoms with Crippen LogP contribution < -0.4 is 10.1 Å². The van der Waals surface area contributed by atoms with Gasteiger partial charge in [0, 0.05) is 12.6 Å². The van der Waals surface area contributed by atoms with E-state index in [0.29, 0.717) is 6.61 Å². The van der Waals surface area contributed by atoms with E-state index in [9.17, 15) is 0 Å². The van der Waals surface area contributed by atoms with Gasteiger partial charge in [-0.2, -0.15) is 0 Å². The minimum absolute atomic E-state index is 0.126. The first-order valence-electron chi connectivity index (χ1n) is 5.68. The van der Waals surface area contributed by atoms with Crippen molar-refractivity contribution < 1.29 is 9.84 Å². The fourth-order valence-corrected chi connectivity index (χ4v) is 1.55. The summed E-state index contributed by atoms with van der Waals surface area (Å²) in [5.41, 5.74) is 2.32. The maximum Gasteiger partial charge on any atom is 0.125 e. The average Bonchev–Trinajstić information content (AvgIpc) is 2.27. The molecule has 0 spiro atoms. The Morgan fingerprint density at radius 1 is 1.31 bits per heavy atom. The number of aliphatic hydroxyl groups excluding tert-OH is 1. The van der Waals surface area contributed by atoms with E-state index in [1.807, 2.05) is 39.0 Å². The molecule has 1 rings (SSSR count). The van der Waals surface area contributed by atoms with Gasteiger partial charge in [0.1, 0.15) is 12.4 Å². The number of aryl methyl sites for hydroxylation is 2. The third-order valence-corrected chi connectivity index (χ3v) is 2.52. The van der Waals surface area contributed by atoms with Gasteiger partial charge in [-0.3, -0.25) is 0 Å². The van der Waals surface area contributed by atoms with Gasteiger partial charge < -0.3 is 15.2 Å². The van der Waals surface area contributed by atoms with E-state index in [-0.39, 0.29) is 12.6 Å². The highest BCUT2D eigenvalue weighted by atomic mass is 16.5. The van der Waals surface area contributed by atoms with Crippen LogP contribution >= 0.6 is 0 Å². The Kier molecular flexibility index (Phi) is 5.29. The maximum atomic E-state index is 8.84. The second-order valence-electron chi connectivity index (χ2n) is 4.11. The zero-order valence-corrected chi connectivity index (χ0v) is 10.3. The normalized spacial score (nSPS) is 12.5. The molecule has 16 heavy (non-hydrogen) atoms. The van der Waals surface area contributed by atoms with Gasteiger partial charge in [-0.05, 0) is 31.9 Å². The van der Waals surface area contributed by atoms with Gasteiger partial charge in [0.2, 0.25) is 0 Å². The van der Waals surface area contributed by atoms with Gasteiger partial charge in [0.25, 0.3) is 0 Å². The lowest BCUT2D eigenvalue weighted by atomic mass is 10.1. The SMILES string of the molecule is Cc1cccc(C)c1OCCNC(C)CO. The number of rotatable bonds is 6. The fourth-order valence-electron chi connectivity index (χ4n) is 1.55. The van der Waals surface area contributed by atoms with Crippen molar-refractivity contribution in [3.05, 3.63) is 29.3 Å². The van der Waals surface area contributed by atoms with Gasteiger partial charge in [-0.25, -0.2) is 0 Å². The van der Waals surface area contributed by atoms with Crippen LogP contribution in [0.15, 0.2) is 18.2 Å². The number of benzene rings is 1. The lowest BCUT2D eigenvalue weighted by Crippen LogP contribution is -2.32. The van der Waals surface area contributed by atoms with E-state index in [1.165, 1.54) is 0 Å². The highest BCUT2D eigenvalue weighted by Crippen LogP contribution is 2.21. The smallest absolute Gasteiger partial charge is 0.125 e. The topological polar surface area (TPSA) is 41.5 Å². The predicted octanol–water partition coefficient (Wildman–Crippen LogP) is 1.65. The second-order valence-corrected chi connectivity index (χ2v) is 4.11. The molecule has 0 aliphatic carbocycles. The summed E-state index contributed by atoms with van der Waals surface area (Å²) in [6, 6.07) is 6.25. The Bertz CT molecular complexity index is 305. The predicted molar refractivity (Wildman–Crippen MR) is 66.0 cm³/mol. The molecule has 0 saturated heterocycles. The summed E-state index contributed by atoms with van der Waals surface area (Å²) in [5.74, 6) is 0.973. The third kappa shape index (κ3) is 3.83. The van der Waals surface area contributed by atoms with E-state index in [2.05, 4.69) is 5.32 Å². The molecule has 3 nitrogen and oxygen atoms in total. The van der Waals surface area contributed by atoms with Gasteiger partial charge in [-0.15, -0.1) is 0 Å². The summed E-state index contributed by atoms with van der Waals surface area (Å²) < 4.78 is 5.72. The number of para-hydroxylation sites is 1. The van der Waals surface area contributed by atoms with Gasteiger partial charge in [-0.1, -0.05) is 18.2 Å². The van der Waals surface area contributed by atoms with Crippen molar-refractivity contribution in [1.29, 1.82) is 0 Å². The number of hydrogen-bond acceptors (Lipinski definition) is 3. The molecule has 1 atom stereocenters. The molecular formula is C13H21NO2. The Morgan fingerprint density at radius 3 is 2.50 bits per heavy atom. The van der Waals surface area contributed by atoms with Crippen molar-refractivity contribution in [3.63, 3.8) is 0 Å². The van der Waals surface area contributed by atoms with Crippen LogP contribution in [0.5, 0.6) is 5.75 Å². The molecule has 0 heterocycles. The van der Waals surface area contributed by atoms with Gasteiger partial charge >= 0.3 is 0 Å². The first-order chi connectivity index (χ1) is 7.65. The van der Waals surface area contributed by atoms with Crippen molar-refractivity contribution >= 4 is 0 Å². The molecule has 90 valence electrons. The molecule has 0 aliphatic rings. The van der Waals surface area contributed by atoms with Crippen LogP contribution in [0.4, 0.5) is 0 Å². The number of aliphatic hydroxyl groups is 1. The van der Waals surface area contributed by atoms with Crippen molar-refractivity contribution in [2.45, 2.75) is 26.8 Å². The second kappa shape index (κ2) is 6.51. The largest absolute Gasteiger partial charge is 0.492 e. The summed E-state index contributed by atoms with van der Waals surface area (Å²) in [6.45, 7) is 7.56. The van der Waals surface area contributed by atoms with Gasteiger partial charge in [0.15, 0.2) is 0 Å². The molecule has 0 saturated carbocycles. The zero-order valence-electron chi connectivity index (χ0n) is 10.3. The molecule has 0 radical (unpaired) electrons.